The molecule has 1 aliphatic heterocycles. The summed E-state index contributed by atoms with van der Waals surface area (Å²) in [7, 11) is 0. The molecular weight excluding hydrogens is 210 g/mol. The highest BCUT2D eigenvalue weighted by molar-refractivity contribution is 5.36. The zero-order chi connectivity index (χ0) is 12.3. The molecule has 1 unspecified atom stereocenters. The van der Waals surface area contributed by atoms with Crippen LogP contribution in [-0.2, 0) is 0 Å². The van der Waals surface area contributed by atoms with Gasteiger partial charge in [0.05, 0.1) is 0 Å². The van der Waals surface area contributed by atoms with Crippen LogP contribution in [0.3, 0.4) is 0 Å². The van der Waals surface area contributed by atoms with Crippen LogP contribution in [0.4, 0.5) is 0 Å². The summed E-state index contributed by atoms with van der Waals surface area (Å²) in [6.07, 6.45) is 2.72. The fraction of sp³-hybridized carbons (Fsp3) is 0.600. The van der Waals surface area contributed by atoms with E-state index in [1.807, 2.05) is 0 Å². The van der Waals surface area contributed by atoms with Gasteiger partial charge >= 0.3 is 0 Å². The van der Waals surface area contributed by atoms with Gasteiger partial charge in [0.2, 0.25) is 0 Å². The van der Waals surface area contributed by atoms with Gasteiger partial charge in [-0.2, -0.15) is 0 Å². The van der Waals surface area contributed by atoms with E-state index in [4.69, 9.17) is 4.74 Å². The maximum atomic E-state index is 6.04. The number of benzene rings is 1. The van der Waals surface area contributed by atoms with Crippen LogP contribution >= 0.6 is 0 Å². The van der Waals surface area contributed by atoms with Crippen LogP contribution in [-0.4, -0.2) is 19.2 Å². The standard InChI is InChI=1S/C15H23NO/c1-11(2)15-9-13(7-6-12(15)3)17-14-5-4-8-16-10-14/h6-7,9,11,14,16H,4-5,8,10H2,1-3H3. The molecule has 17 heavy (non-hydrogen) atoms. The fourth-order valence-corrected chi connectivity index (χ4v) is 2.43. The van der Waals surface area contributed by atoms with E-state index >= 15 is 0 Å². The van der Waals surface area contributed by atoms with E-state index in [9.17, 15) is 0 Å². The maximum absolute atomic E-state index is 6.04. The summed E-state index contributed by atoms with van der Waals surface area (Å²) in [5.74, 6) is 1.58. The van der Waals surface area contributed by atoms with Crippen molar-refractivity contribution in [2.45, 2.75) is 45.6 Å². The van der Waals surface area contributed by atoms with Gasteiger partial charge in [0, 0.05) is 6.54 Å². The Bertz CT molecular complexity index is 367. The molecule has 94 valence electrons. The van der Waals surface area contributed by atoms with Gasteiger partial charge in [-0.1, -0.05) is 19.9 Å². The van der Waals surface area contributed by atoms with Crippen LogP contribution in [0.15, 0.2) is 18.2 Å². The van der Waals surface area contributed by atoms with E-state index in [-0.39, 0.29) is 0 Å². The summed E-state index contributed by atoms with van der Waals surface area (Å²) < 4.78 is 6.04. The lowest BCUT2D eigenvalue weighted by Crippen LogP contribution is -2.37. The molecule has 1 aromatic carbocycles. The Morgan fingerprint density at radius 3 is 2.82 bits per heavy atom. The summed E-state index contributed by atoms with van der Waals surface area (Å²) in [4.78, 5) is 0. The lowest BCUT2D eigenvalue weighted by Gasteiger charge is -2.24. The van der Waals surface area contributed by atoms with Gasteiger partial charge < -0.3 is 10.1 Å². The Morgan fingerprint density at radius 1 is 1.35 bits per heavy atom. The van der Waals surface area contributed by atoms with Gasteiger partial charge in [0.1, 0.15) is 11.9 Å². The van der Waals surface area contributed by atoms with Crippen molar-refractivity contribution in [1.82, 2.24) is 5.32 Å². The van der Waals surface area contributed by atoms with Crippen LogP contribution in [0.5, 0.6) is 5.75 Å². The second-order valence-corrected chi connectivity index (χ2v) is 5.26. The summed E-state index contributed by atoms with van der Waals surface area (Å²) in [6.45, 7) is 8.74. The zero-order valence-corrected chi connectivity index (χ0v) is 11.1. The fourth-order valence-electron chi connectivity index (χ4n) is 2.43. The van der Waals surface area contributed by atoms with Crippen LogP contribution in [0.2, 0.25) is 0 Å². The molecular formula is C15H23NO. The smallest absolute Gasteiger partial charge is 0.120 e. The molecule has 2 rings (SSSR count). The third kappa shape index (κ3) is 3.22. The van der Waals surface area contributed by atoms with Crippen molar-refractivity contribution in [2.75, 3.05) is 13.1 Å². The van der Waals surface area contributed by atoms with Crippen molar-refractivity contribution in [3.63, 3.8) is 0 Å². The van der Waals surface area contributed by atoms with Crippen molar-refractivity contribution >= 4 is 0 Å². The van der Waals surface area contributed by atoms with Gasteiger partial charge in [-0.05, 0) is 55.5 Å². The molecule has 1 N–H and O–H groups in total. The lowest BCUT2D eigenvalue weighted by molar-refractivity contribution is 0.167. The van der Waals surface area contributed by atoms with Gasteiger partial charge in [0.25, 0.3) is 0 Å². The van der Waals surface area contributed by atoms with Gasteiger partial charge in [-0.15, -0.1) is 0 Å². The number of hydrogen-bond acceptors (Lipinski definition) is 2. The molecule has 0 aromatic heterocycles. The highest BCUT2D eigenvalue weighted by Gasteiger charge is 2.15. The Balaban J connectivity index is 2.07. The summed E-state index contributed by atoms with van der Waals surface area (Å²) in [6, 6.07) is 6.46. The Labute approximate surface area is 104 Å². The van der Waals surface area contributed by atoms with E-state index in [1.54, 1.807) is 0 Å². The van der Waals surface area contributed by atoms with Crippen molar-refractivity contribution in [3.8, 4) is 5.75 Å². The Hall–Kier alpha value is -1.02. The number of piperidine rings is 1. The molecule has 2 heteroatoms. The first-order chi connectivity index (χ1) is 8.16. The summed E-state index contributed by atoms with van der Waals surface area (Å²) >= 11 is 0. The number of aryl methyl sites for hydroxylation is 1. The summed E-state index contributed by atoms with van der Waals surface area (Å²) in [5.41, 5.74) is 2.75. The first-order valence-electron chi connectivity index (χ1n) is 6.64. The predicted molar refractivity (Wildman–Crippen MR) is 71.8 cm³/mol. The van der Waals surface area contributed by atoms with Crippen molar-refractivity contribution in [1.29, 1.82) is 0 Å². The highest BCUT2D eigenvalue weighted by Crippen LogP contribution is 2.25. The van der Waals surface area contributed by atoms with Crippen LogP contribution < -0.4 is 10.1 Å². The van der Waals surface area contributed by atoms with Crippen LogP contribution in [0.1, 0.15) is 43.7 Å². The van der Waals surface area contributed by atoms with Gasteiger partial charge in [-0.3, -0.25) is 0 Å². The molecule has 0 bridgehead atoms. The minimum Gasteiger partial charge on any atom is -0.489 e. The van der Waals surface area contributed by atoms with E-state index in [0.29, 0.717) is 12.0 Å². The second-order valence-electron chi connectivity index (χ2n) is 5.26. The third-order valence-corrected chi connectivity index (χ3v) is 3.43. The molecule has 0 radical (unpaired) electrons. The molecule has 0 aliphatic carbocycles. The van der Waals surface area contributed by atoms with Crippen molar-refractivity contribution in [2.24, 2.45) is 0 Å². The molecule has 1 saturated heterocycles. The van der Waals surface area contributed by atoms with Crippen LogP contribution in [0.25, 0.3) is 0 Å². The lowest BCUT2D eigenvalue weighted by atomic mass is 9.98. The second kappa shape index (κ2) is 5.54. The van der Waals surface area contributed by atoms with E-state index < -0.39 is 0 Å². The maximum Gasteiger partial charge on any atom is 0.120 e. The molecule has 1 aromatic rings. The molecule has 1 atom stereocenters. The minimum absolute atomic E-state index is 0.339. The van der Waals surface area contributed by atoms with Crippen molar-refractivity contribution < 1.29 is 4.74 Å². The average molecular weight is 233 g/mol. The van der Waals surface area contributed by atoms with E-state index in [2.05, 4.69) is 44.3 Å². The Kier molecular flexibility index (Phi) is 4.06. The topological polar surface area (TPSA) is 21.3 Å². The monoisotopic (exact) mass is 233 g/mol. The molecule has 1 aliphatic rings. The molecule has 1 heterocycles. The minimum atomic E-state index is 0.339. The van der Waals surface area contributed by atoms with Gasteiger partial charge in [0.15, 0.2) is 0 Å². The molecule has 2 nitrogen and oxygen atoms in total. The number of rotatable bonds is 3. The van der Waals surface area contributed by atoms with E-state index in [1.165, 1.54) is 17.5 Å². The predicted octanol–water partition coefficient (Wildman–Crippen LogP) is 3.25. The number of nitrogens with one attached hydrogen (secondary N) is 1. The molecule has 1 fully saturated rings. The molecule has 0 amide bonds. The molecule has 0 saturated carbocycles. The van der Waals surface area contributed by atoms with Crippen LogP contribution in [0, 0.1) is 6.92 Å². The van der Waals surface area contributed by atoms with E-state index in [0.717, 1.165) is 25.3 Å². The summed E-state index contributed by atoms with van der Waals surface area (Å²) in [5, 5.41) is 3.38. The Morgan fingerprint density at radius 2 is 2.18 bits per heavy atom. The zero-order valence-electron chi connectivity index (χ0n) is 11.1. The van der Waals surface area contributed by atoms with Crippen molar-refractivity contribution in [3.05, 3.63) is 29.3 Å². The molecule has 0 spiro atoms. The number of ether oxygens (including phenoxy) is 1. The SMILES string of the molecule is Cc1ccc(OC2CCCNC2)cc1C(C)C. The normalized spacial score (nSPS) is 20.6. The largest absolute Gasteiger partial charge is 0.489 e. The third-order valence-electron chi connectivity index (χ3n) is 3.43. The first-order valence-corrected chi connectivity index (χ1v) is 6.64. The average Bonchev–Trinajstić information content (AvgIpc) is 2.32. The number of hydrogen-bond donors (Lipinski definition) is 1. The quantitative estimate of drug-likeness (QED) is 0.865. The van der Waals surface area contributed by atoms with Gasteiger partial charge in [-0.25, -0.2) is 0 Å². The highest BCUT2D eigenvalue weighted by atomic mass is 16.5. The first kappa shape index (κ1) is 12.4.